The van der Waals surface area contributed by atoms with Crippen molar-refractivity contribution in [2.24, 2.45) is 0 Å². The standard InChI is InChI=1S/C17H15NO/c1-14-8-6-7-9-15(14)12-13-17(19)18(2)16-10-4-3-5-11-16/h3-11H,1-2H3. The molecule has 0 aliphatic rings. The van der Waals surface area contributed by atoms with E-state index in [0.29, 0.717) is 0 Å². The Bertz CT molecular complexity index is 635. The third-order valence-corrected chi connectivity index (χ3v) is 2.90. The Morgan fingerprint density at radius 2 is 1.63 bits per heavy atom. The van der Waals surface area contributed by atoms with Gasteiger partial charge >= 0.3 is 5.91 Å². The van der Waals surface area contributed by atoms with E-state index in [9.17, 15) is 4.79 Å². The Balaban J connectivity index is 2.17. The fourth-order valence-electron chi connectivity index (χ4n) is 1.69. The van der Waals surface area contributed by atoms with Crippen molar-refractivity contribution in [3.8, 4) is 11.8 Å². The Morgan fingerprint density at radius 1 is 1.00 bits per heavy atom. The average molecular weight is 249 g/mol. The molecule has 2 nitrogen and oxygen atoms in total. The van der Waals surface area contributed by atoms with Crippen LogP contribution in [0.2, 0.25) is 0 Å². The lowest BCUT2D eigenvalue weighted by Crippen LogP contribution is -2.24. The monoisotopic (exact) mass is 249 g/mol. The molecule has 0 saturated heterocycles. The molecule has 0 heterocycles. The fraction of sp³-hybridized carbons (Fsp3) is 0.118. The van der Waals surface area contributed by atoms with Gasteiger partial charge in [0.05, 0.1) is 0 Å². The summed E-state index contributed by atoms with van der Waals surface area (Å²) in [4.78, 5) is 13.5. The van der Waals surface area contributed by atoms with Crippen molar-refractivity contribution in [2.75, 3.05) is 11.9 Å². The van der Waals surface area contributed by atoms with Crippen molar-refractivity contribution in [2.45, 2.75) is 6.92 Å². The van der Waals surface area contributed by atoms with E-state index in [1.807, 2.05) is 61.5 Å². The summed E-state index contributed by atoms with van der Waals surface area (Å²) in [6.07, 6.45) is 0. The molecule has 0 aromatic heterocycles. The lowest BCUT2D eigenvalue weighted by molar-refractivity contribution is -0.113. The molecule has 0 aliphatic heterocycles. The van der Waals surface area contributed by atoms with E-state index in [1.54, 1.807) is 11.9 Å². The van der Waals surface area contributed by atoms with Crippen molar-refractivity contribution < 1.29 is 4.79 Å². The van der Waals surface area contributed by atoms with E-state index in [-0.39, 0.29) is 5.91 Å². The molecule has 0 saturated carbocycles. The highest BCUT2D eigenvalue weighted by molar-refractivity contribution is 6.05. The first-order valence-electron chi connectivity index (χ1n) is 6.09. The number of hydrogen-bond acceptors (Lipinski definition) is 1. The van der Waals surface area contributed by atoms with Gasteiger partial charge in [-0.1, -0.05) is 42.3 Å². The molecule has 0 N–H and O–H groups in total. The summed E-state index contributed by atoms with van der Waals surface area (Å²) in [6.45, 7) is 1.98. The van der Waals surface area contributed by atoms with Gasteiger partial charge in [-0.15, -0.1) is 0 Å². The SMILES string of the molecule is Cc1ccccc1C#CC(=O)N(C)c1ccccc1. The Labute approximate surface area is 113 Å². The maximum Gasteiger partial charge on any atom is 0.302 e. The van der Waals surface area contributed by atoms with Crippen LogP contribution in [0.3, 0.4) is 0 Å². The second-order valence-corrected chi connectivity index (χ2v) is 4.26. The van der Waals surface area contributed by atoms with Gasteiger partial charge in [0.25, 0.3) is 0 Å². The van der Waals surface area contributed by atoms with Crippen molar-refractivity contribution in [1.29, 1.82) is 0 Å². The minimum atomic E-state index is -0.213. The largest absolute Gasteiger partial charge is 0.305 e. The summed E-state index contributed by atoms with van der Waals surface area (Å²) in [6, 6.07) is 17.2. The number of nitrogens with zero attached hydrogens (tertiary/aromatic N) is 1. The van der Waals surface area contributed by atoms with Gasteiger partial charge in [0.15, 0.2) is 0 Å². The first-order chi connectivity index (χ1) is 9.18. The van der Waals surface area contributed by atoms with Crippen LogP contribution in [-0.2, 0) is 4.79 Å². The maximum atomic E-state index is 12.0. The normalized spacial score (nSPS) is 9.37. The molecule has 2 aromatic rings. The molecular weight excluding hydrogens is 234 g/mol. The van der Waals surface area contributed by atoms with Crippen LogP contribution in [0, 0.1) is 18.8 Å². The third-order valence-electron chi connectivity index (χ3n) is 2.90. The zero-order chi connectivity index (χ0) is 13.7. The lowest BCUT2D eigenvalue weighted by Gasteiger charge is -2.13. The summed E-state index contributed by atoms with van der Waals surface area (Å²) in [5.41, 5.74) is 2.80. The number of aryl methyl sites for hydroxylation is 1. The molecule has 0 spiro atoms. The number of rotatable bonds is 1. The number of carbonyl (C=O) groups excluding carboxylic acids is 1. The minimum Gasteiger partial charge on any atom is -0.305 e. The fourth-order valence-corrected chi connectivity index (χ4v) is 1.69. The van der Waals surface area contributed by atoms with Crippen molar-refractivity contribution in [3.63, 3.8) is 0 Å². The van der Waals surface area contributed by atoms with Crippen molar-refractivity contribution in [3.05, 3.63) is 65.7 Å². The zero-order valence-corrected chi connectivity index (χ0v) is 11.1. The molecule has 0 atom stereocenters. The molecule has 2 aromatic carbocycles. The van der Waals surface area contributed by atoms with Gasteiger partial charge in [0.1, 0.15) is 0 Å². The second kappa shape index (κ2) is 5.88. The van der Waals surface area contributed by atoms with Gasteiger partial charge in [-0.2, -0.15) is 0 Å². The van der Waals surface area contributed by atoms with E-state index in [2.05, 4.69) is 11.8 Å². The second-order valence-electron chi connectivity index (χ2n) is 4.26. The summed E-state index contributed by atoms with van der Waals surface area (Å²) >= 11 is 0. The van der Waals surface area contributed by atoms with E-state index in [4.69, 9.17) is 0 Å². The van der Waals surface area contributed by atoms with E-state index < -0.39 is 0 Å². The molecule has 2 heteroatoms. The van der Waals surface area contributed by atoms with Gasteiger partial charge < -0.3 is 4.90 Å². The molecule has 0 radical (unpaired) electrons. The maximum absolute atomic E-state index is 12.0. The number of amides is 1. The molecule has 94 valence electrons. The van der Waals surface area contributed by atoms with Crippen LogP contribution in [0.1, 0.15) is 11.1 Å². The number of benzene rings is 2. The summed E-state index contributed by atoms with van der Waals surface area (Å²) in [5, 5.41) is 0. The molecule has 0 unspecified atom stereocenters. The highest BCUT2D eigenvalue weighted by Gasteiger charge is 2.06. The van der Waals surface area contributed by atoms with Crippen LogP contribution in [0.15, 0.2) is 54.6 Å². The topological polar surface area (TPSA) is 20.3 Å². The smallest absolute Gasteiger partial charge is 0.302 e. The van der Waals surface area contributed by atoms with Crippen LogP contribution in [-0.4, -0.2) is 13.0 Å². The van der Waals surface area contributed by atoms with Crippen LogP contribution in [0.5, 0.6) is 0 Å². The average Bonchev–Trinajstić information content (AvgIpc) is 2.46. The van der Waals surface area contributed by atoms with Crippen LogP contribution in [0.25, 0.3) is 0 Å². The van der Waals surface area contributed by atoms with Crippen molar-refractivity contribution >= 4 is 11.6 Å². The Kier molecular flexibility index (Phi) is 4.00. The van der Waals surface area contributed by atoms with Crippen LogP contribution in [0.4, 0.5) is 5.69 Å². The predicted octanol–water partition coefficient (Wildman–Crippen LogP) is 3.01. The third kappa shape index (κ3) is 3.23. The predicted molar refractivity (Wildman–Crippen MR) is 77.9 cm³/mol. The first-order valence-corrected chi connectivity index (χ1v) is 6.09. The minimum absolute atomic E-state index is 0.213. The molecule has 2 rings (SSSR count). The van der Waals surface area contributed by atoms with E-state index >= 15 is 0 Å². The van der Waals surface area contributed by atoms with E-state index in [0.717, 1.165) is 16.8 Å². The summed E-state index contributed by atoms with van der Waals surface area (Å²) in [5.74, 6) is 5.38. The number of carbonyl (C=O) groups is 1. The molecule has 0 aliphatic carbocycles. The van der Waals surface area contributed by atoms with Crippen LogP contribution >= 0.6 is 0 Å². The van der Waals surface area contributed by atoms with Crippen LogP contribution < -0.4 is 4.90 Å². The van der Waals surface area contributed by atoms with Gasteiger partial charge in [-0.25, -0.2) is 0 Å². The van der Waals surface area contributed by atoms with Crippen molar-refractivity contribution in [1.82, 2.24) is 0 Å². The highest BCUT2D eigenvalue weighted by Crippen LogP contribution is 2.11. The number of hydrogen-bond donors (Lipinski definition) is 0. The highest BCUT2D eigenvalue weighted by atomic mass is 16.2. The Hall–Kier alpha value is -2.53. The van der Waals surface area contributed by atoms with E-state index in [1.165, 1.54) is 0 Å². The zero-order valence-electron chi connectivity index (χ0n) is 11.1. The molecular formula is C17H15NO. The number of para-hydroxylation sites is 1. The summed E-state index contributed by atoms with van der Waals surface area (Å²) in [7, 11) is 1.73. The first kappa shape index (κ1) is 12.9. The molecule has 0 fully saturated rings. The molecule has 0 bridgehead atoms. The molecule has 1 amide bonds. The summed E-state index contributed by atoms with van der Waals surface area (Å²) < 4.78 is 0. The molecule has 19 heavy (non-hydrogen) atoms. The Morgan fingerprint density at radius 3 is 2.32 bits per heavy atom. The van der Waals surface area contributed by atoms with Gasteiger partial charge in [-0.05, 0) is 30.7 Å². The van der Waals surface area contributed by atoms with Gasteiger partial charge in [0, 0.05) is 24.2 Å². The van der Waals surface area contributed by atoms with Gasteiger partial charge in [0.2, 0.25) is 0 Å². The quantitative estimate of drug-likeness (QED) is 0.711. The van der Waals surface area contributed by atoms with Gasteiger partial charge in [-0.3, -0.25) is 4.79 Å². The lowest BCUT2D eigenvalue weighted by atomic mass is 10.1. The number of anilines is 1.